The molecule has 2 aromatic rings. The Kier molecular flexibility index (Phi) is 6.38. The molecule has 8 heteroatoms. The minimum atomic E-state index is -0.474. The minimum Gasteiger partial charge on any atom is -0.496 e. The number of halogens is 1. The van der Waals surface area contributed by atoms with E-state index in [1.54, 1.807) is 30.3 Å². The van der Waals surface area contributed by atoms with Gasteiger partial charge in [-0.05, 0) is 36.4 Å². The molecular weight excluding hydrogens is 384 g/mol. The van der Waals surface area contributed by atoms with E-state index >= 15 is 0 Å². The van der Waals surface area contributed by atoms with Gasteiger partial charge in [-0.2, -0.15) is 0 Å². The Morgan fingerprint density at radius 2 is 1.82 bits per heavy atom. The van der Waals surface area contributed by atoms with Crippen LogP contribution in [0.3, 0.4) is 0 Å². The van der Waals surface area contributed by atoms with Crippen molar-refractivity contribution in [1.82, 2.24) is 0 Å². The van der Waals surface area contributed by atoms with Gasteiger partial charge in [-0.3, -0.25) is 4.79 Å². The average molecular weight is 405 g/mol. The topological polar surface area (TPSA) is 77.1 Å². The summed E-state index contributed by atoms with van der Waals surface area (Å²) in [7, 11) is 2.81. The summed E-state index contributed by atoms with van der Waals surface area (Å²) in [6.07, 6.45) is 0. The highest BCUT2D eigenvalue weighted by Crippen LogP contribution is 2.28. The molecule has 0 spiro atoms. The Labute approximate surface area is 168 Å². The number of hydrogen-bond donors (Lipinski definition) is 1. The number of morpholine rings is 1. The molecule has 0 bridgehead atoms. The summed E-state index contributed by atoms with van der Waals surface area (Å²) in [6, 6.07) is 9.93. The fourth-order valence-electron chi connectivity index (χ4n) is 3.02. The van der Waals surface area contributed by atoms with Crippen molar-refractivity contribution in [3.05, 3.63) is 52.5 Å². The molecule has 0 saturated carbocycles. The molecule has 1 N–H and O–H groups in total. The Hall–Kier alpha value is -2.77. The highest BCUT2D eigenvalue weighted by molar-refractivity contribution is 6.31. The third kappa shape index (κ3) is 4.37. The Morgan fingerprint density at radius 3 is 2.50 bits per heavy atom. The molecule has 1 heterocycles. The third-order valence-corrected chi connectivity index (χ3v) is 4.65. The van der Waals surface area contributed by atoms with E-state index in [0.29, 0.717) is 53.9 Å². The zero-order chi connectivity index (χ0) is 20.1. The standard InChI is InChI=1S/C20H21ClN2O5/c1-26-18-6-3-13(21)11-16(18)19(24)22-14-4-5-17(15(12-14)20(25)27-2)23-7-9-28-10-8-23/h3-6,11-12H,7-10H2,1-2H3,(H,22,24). The van der Waals surface area contributed by atoms with E-state index in [4.69, 9.17) is 25.8 Å². The first-order chi connectivity index (χ1) is 13.5. The maximum atomic E-state index is 12.7. The van der Waals surface area contributed by atoms with Gasteiger partial charge in [0.1, 0.15) is 5.75 Å². The van der Waals surface area contributed by atoms with Crippen molar-refractivity contribution in [1.29, 1.82) is 0 Å². The van der Waals surface area contributed by atoms with Crippen LogP contribution in [0.25, 0.3) is 0 Å². The molecule has 0 radical (unpaired) electrons. The molecule has 1 amide bonds. The monoisotopic (exact) mass is 404 g/mol. The molecule has 1 aliphatic rings. The van der Waals surface area contributed by atoms with E-state index in [2.05, 4.69) is 10.2 Å². The van der Waals surface area contributed by atoms with Gasteiger partial charge in [0.05, 0.1) is 44.2 Å². The second kappa shape index (κ2) is 8.95. The van der Waals surface area contributed by atoms with Crippen LogP contribution in [0.2, 0.25) is 5.02 Å². The Bertz CT molecular complexity index is 881. The first-order valence-electron chi connectivity index (χ1n) is 8.73. The van der Waals surface area contributed by atoms with Crippen LogP contribution in [0.1, 0.15) is 20.7 Å². The Balaban J connectivity index is 1.89. The zero-order valence-corrected chi connectivity index (χ0v) is 16.4. The summed E-state index contributed by atoms with van der Waals surface area (Å²) in [5.74, 6) is -0.466. The van der Waals surface area contributed by atoms with Crippen molar-refractivity contribution in [2.75, 3.05) is 50.7 Å². The highest BCUT2D eigenvalue weighted by Gasteiger charge is 2.21. The van der Waals surface area contributed by atoms with Crippen molar-refractivity contribution in [2.24, 2.45) is 0 Å². The lowest BCUT2D eigenvalue weighted by atomic mass is 10.1. The summed E-state index contributed by atoms with van der Waals surface area (Å²) < 4.78 is 15.5. The van der Waals surface area contributed by atoms with Crippen LogP contribution in [0.15, 0.2) is 36.4 Å². The number of carbonyl (C=O) groups is 2. The average Bonchev–Trinajstić information content (AvgIpc) is 2.73. The number of anilines is 2. The normalized spacial score (nSPS) is 13.8. The van der Waals surface area contributed by atoms with Crippen LogP contribution in [-0.4, -0.2) is 52.4 Å². The van der Waals surface area contributed by atoms with E-state index in [-0.39, 0.29) is 0 Å². The van der Waals surface area contributed by atoms with E-state index < -0.39 is 11.9 Å². The van der Waals surface area contributed by atoms with Gasteiger partial charge >= 0.3 is 5.97 Å². The molecule has 2 aromatic carbocycles. The van der Waals surface area contributed by atoms with Gasteiger partial charge in [0.2, 0.25) is 0 Å². The summed E-state index contributed by atoms with van der Waals surface area (Å²) in [5, 5.41) is 3.20. The van der Waals surface area contributed by atoms with Crippen molar-refractivity contribution in [3.8, 4) is 5.75 Å². The number of benzene rings is 2. The van der Waals surface area contributed by atoms with Gasteiger partial charge in [-0.1, -0.05) is 11.6 Å². The first-order valence-corrected chi connectivity index (χ1v) is 9.11. The molecule has 3 rings (SSSR count). The second-order valence-electron chi connectivity index (χ2n) is 6.12. The third-order valence-electron chi connectivity index (χ3n) is 4.42. The molecule has 0 atom stereocenters. The number of nitrogens with one attached hydrogen (secondary N) is 1. The molecule has 0 aromatic heterocycles. The first kappa shape index (κ1) is 20.0. The number of methoxy groups -OCH3 is 2. The summed E-state index contributed by atoms with van der Waals surface area (Å²) in [4.78, 5) is 27.0. The largest absolute Gasteiger partial charge is 0.496 e. The van der Waals surface area contributed by atoms with Crippen LogP contribution < -0.4 is 15.0 Å². The lowest BCUT2D eigenvalue weighted by Crippen LogP contribution is -2.37. The Morgan fingerprint density at radius 1 is 1.07 bits per heavy atom. The zero-order valence-electron chi connectivity index (χ0n) is 15.7. The van der Waals surface area contributed by atoms with Crippen LogP contribution in [0.4, 0.5) is 11.4 Å². The SMILES string of the molecule is COC(=O)c1cc(NC(=O)c2cc(Cl)ccc2OC)ccc1N1CCOCC1. The van der Waals surface area contributed by atoms with Crippen molar-refractivity contribution >= 4 is 34.9 Å². The maximum Gasteiger partial charge on any atom is 0.340 e. The molecule has 7 nitrogen and oxygen atoms in total. The number of rotatable bonds is 5. The van der Waals surface area contributed by atoms with E-state index in [0.717, 1.165) is 5.69 Å². The van der Waals surface area contributed by atoms with Gasteiger partial charge in [0, 0.05) is 23.8 Å². The summed E-state index contributed by atoms with van der Waals surface area (Å²) in [5.41, 5.74) is 1.88. The molecule has 0 unspecified atom stereocenters. The van der Waals surface area contributed by atoms with Gasteiger partial charge in [0.15, 0.2) is 0 Å². The van der Waals surface area contributed by atoms with E-state index in [1.807, 2.05) is 0 Å². The highest BCUT2D eigenvalue weighted by atomic mass is 35.5. The van der Waals surface area contributed by atoms with E-state index in [1.165, 1.54) is 20.3 Å². The number of carbonyl (C=O) groups excluding carboxylic acids is 2. The lowest BCUT2D eigenvalue weighted by molar-refractivity contribution is 0.0600. The van der Waals surface area contributed by atoms with Gasteiger partial charge in [0.25, 0.3) is 5.91 Å². The minimum absolute atomic E-state index is 0.298. The predicted molar refractivity (Wildman–Crippen MR) is 107 cm³/mol. The summed E-state index contributed by atoms with van der Waals surface area (Å²) in [6.45, 7) is 2.53. The molecular formula is C20H21ClN2O5. The fraction of sp³-hybridized carbons (Fsp3) is 0.300. The predicted octanol–water partition coefficient (Wildman–Crippen LogP) is 3.22. The van der Waals surface area contributed by atoms with Crippen LogP contribution in [0, 0.1) is 0 Å². The molecule has 148 valence electrons. The molecule has 1 aliphatic heterocycles. The number of esters is 1. The number of amides is 1. The van der Waals surface area contributed by atoms with Crippen molar-refractivity contribution in [2.45, 2.75) is 0 Å². The number of nitrogens with zero attached hydrogens (tertiary/aromatic N) is 1. The van der Waals surface area contributed by atoms with Gasteiger partial charge < -0.3 is 24.4 Å². The molecule has 1 fully saturated rings. The van der Waals surface area contributed by atoms with Crippen molar-refractivity contribution in [3.63, 3.8) is 0 Å². The van der Waals surface area contributed by atoms with Gasteiger partial charge in [-0.25, -0.2) is 4.79 Å². The fourth-order valence-corrected chi connectivity index (χ4v) is 3.20. The van der Waals surface area contributed by atoms with Crippen LogP contribution in [0.5, 0.6) is 5.75 Å². The van der Waals surface area contributed by atoms with Crippen molar-refractivity contribution < 1.29 is 23.8 Å². The maximum absolute atomic E-state index is 12.7. The molecule has 1 saturated heterocycles. The van der Waals surface area contributed by atoms with Gasteiger partial charge in [-0.15, -0.1) is 0 Å². The quantitative estimate of drug-likeness (QED) is 0.771. The number of hydrogen-bond acceptors (Lipinski definition) is 6. The summed E-state index contributed by atoms with van der Waals surface area (Å²) >= 11 is 6.00. The molecule has 0 aliphatic carbocycles. The molecule has 28 heavy (non-hydrogen) atoms. The van der Waals surface area contributed by atoms with Crippen LogP contribution >= 0.6 is 11.6 Å². The number of ether oxygens (including phenoxy) is 3. The smallest absolute Gasteiger partial charge is 0.340 e. The second-order valence-corrected chi connectivity index (χ2v) is 6.56. The van der Waals surface area contributed by atoms with E-state index in [9.17, 15) is 9.59 Å². The van der Waals surface area contributed by atoms with Crippen LogP contribution in [-0.2, 0) is 9.47 Å². The lowest BCUT2D eigenvalue weighted by Gasteiger charge is -2.30.